The van der Waals surface area contributed by atoms with Crippen LogP contribution in [0.5, 0.6) is 0 Å². The van der Waals surface area contributed by atoms with Crippen molar-refractivity contribution >= 4 is 25.2 Å². The standard InChI is InChI=1S/C11H19N5OSi/c1-18(2,3)6-4-5-16-7-13-8-9(16)14-11(12)15-10(8)17/h7H,4-6H2,1-3H3,(H3,12,14,15,17). The number of nitrogens with one attached hydrogen (secondary N) is 1. The maximum atomic E-state index is 11.6. The van der Waals surface area contributed by atoms with Crippen LogP contribution in [0.2, 0.25) is 25.7 Å². The molecule has 0 aliphatic rings. The first kappa shape index (κ1) is 12.8. The topological polar surface area (TPSA) is 89.6 Å². The van der Waals surface area contributed by atoms with Gasteiger partial charge in [-0.25, -0.2) is 4.98 Å². The Hall–Kier alpha value is -1.63. The first-order valence-electron chi connectivity index (χ1n) is 6.07. The van der Waals surface area contributed by atoms with Gasteiger partial charge in [-0.15, -0.1) is 0 Å². The van der Waals surface area contributed by atoms with Crippen LogP contribution in [-0.2, 0) is 6.54 Å². The second-order valence-corrected chi connectivity index (χ2v) is 11.3. The fraction of sp³-hybridized carbons (Fsp3) is 0.545. The third kappa shape index (κ3) is 2.78. The number of hydrogen-bond donors (Lipinski definition) is 2. The molecule has 2 aromatic heterocycles. The number of H-pyrrole nitrogens is 1. The number of aromatic nitrogens is 4. The van der Waals surface area contributed by atoms with Crippen LogP contribution in [0.25, 0.3) is 11.2 Å². The van der Waals surface area contributed by atoms with Crippen LogP contribution < -0.4 is 11.3 Å². The summed E-state index contributed by atoms with van der Waals surface area (Å²) in [6, 6.07) is 1.24. The maximum absolute atomic E-state index is 11.6. The Morgan fingerprint density at radius 3 is 2.83 bits per heavy atom. The minimum Gasteiger partial charge on any atom is -0.369 e. The highest BCUT2D eigenvalue weighted by molar-refractivity contribution is 6.76. The summed E-state index contributed by atoms with van der Waals surface area (Å²) >= 11 is 0. The summed E-state index contributed by atoms with van der Waals surface area (Å²) in [6.45, 7) is 7.87. The van der Waals surface area contributed by atoms with E-state index < -0.39 is 8.07 Å². The predicted molar refractivity (Wildman–Crippen MR) is 75.3 cm³/mol. The largest absolute Gasteiger partial charge is 0.369 e. The SMILES string of the molecule is C[Si](C)(C)CCCn1cnc2c(=O)[nH]c(N)nc21. The van der Waals surface area contributed by atoms with E-state index in [-0.39, 0.29) is 11.5 Å². The number of nitrogen functional groups attached to an aromatic ring is 1. The molecule has 0 fully saturated rings. The fourth-order valence-electron chi connectivity index (χ4n) is 1.91. The molecule has 7 heteroatoms. The molecule has 0 saturated heterocycles. The van der Waals surface area contributed by atoms with Crippen LogP contribution in [0.1, 0.15) is 6.42 Å². The Kier molecular flexibility index (Phi) is 3.25. The second-order valence-electron chi connectivity index (χ2n) is 5.73. The third-order valence-corrected chi connectivity index (χ3v) is 4.67. The lowest BCUT2D eigenvalue weighted by Crippen LogP contribution is -2.19. The van der Waals surface area contributed by atoms with Crippen molar-refractivity contribution in [3.05, 3.63) is 16.7 Å². The zero-order valence-electron chi connectivity index (χ0n) is 11.0. The molecule has 6 nitrogen and oxygen atoms in total. The van der Waals surface area contributed by atoms with Gasteiger partial charge in [-0.1, -0.05) is 25.7 Å². The lowest BCUT2D eigenvalue weighted by Gasteiger charge is -2.15. The highest BCUT2D eigenvalue weighted by atomic mass is 28.3. The van der Waals surface area contributed by atoms with Crippen molar-refractivity contribution in [1.82, 2.24) is 19.5 Å². The van der Waals surface area contributed by atoms with Gasteiger partial charge in [0.15, 0.2) is 11.2 Å². The quantitative estimate of drug-likeness (QED) is 0.818. The van der Waals surface area contributed by atoms with Crippen molar-refractivity contribution in [1.29, 1.82) is 0 Å². The van der Waals surface area contributed by atoms with E-state index in [1.165, 1.54) is 6.04 Å². The van der Waals surface area contributed by atoms with E-state index in [0.29, 0.717) is 11.2 Å². The molecule has 18 heavy (non-hydrogen) atoms. The lowest BCUT2D eigenvalue weighted by atomic mass is 10.4. The summed E-state index contributed by atoms with van der Waals surface area (Å²) in [5, 5.41) is 0. The maximum Gasteiger partial charge on any atom is 0.280 e. The van der Waals surface area contributed by atoms with Gasteiger partial charge in [0, 0.05) is 14.6 Å². The molecule has 2 heterocycles. The van der Waals surface area contributed by atoms with Crippen LogP contribution in [0.3, 0.4) is 0 Å². The van der Waals surface area contributed by atoms with Gasteiger partial charge in [0.25, 0.3) is 5.56 Å². The van der Waals surface area contributed by atoms with Crippen molar-refractivity contribution in [2.45, 2.75) is 38.7 Å². The first-order valence-corrected chi connectivity index (χ1v) is 9.78. The molecule has 0 unspecified atom stereocenters. The Labute approximate surface area is 106 Å². The van der Waals surface area contributed by atoms with Crippen molar-refractivity contribution in [3.8, 4) is 0 Å². The molecule has 2 aromatic rings. The van der Waals surface area contributed by atoms with Crippen molar-refractivity contribution < 1.29 is 0 Å². The van der Waals surface area contributed by atoms with Crippen LogP contribution in [-0.4, -0.2) is 27.6 Å². The molecule has 2 rings (SSSR count). The van der Waals surface area contributed by atoms with E-state index in [1.807, 2.05) is 4.57 Å². The number of rotatable bonds is 4. The van der Waals surface area contributed by atoms with E-state index >= 15 is 0 Å². The zero-order valence-corrected chi connectivity index (χ0v) is 12.0. The molecular weight excluding hydrogens is 246 g/mol. The average molecular weight is 265 g/mol. The summed E-state index contributed by atoms with van der Waals surface area (Å²) in [4.78, 5) is 22.3. The molecule has 0 spiro atoms. The predicted octanol–water partition coefficient (Wildman–Crippen LogP) is 1.43. The smallest absolute Gasteiger partial charge is 0.280 e. The van der Waals surface area contributed by atoms with Crippen LogP contribution in [0, 0.1) is 0 Å². The number of nitrogens with two attached hydrogens (primary N) is 1. The molecule has 0 saturated carbocycles. The van der Waals surface area contributed by atoms with Crippen molar-refractivity contribution in [2.75, 3.05) is 5.73 Å². The molecular formula is C11H19N5OSi. The lowest BCUT2D eigenvalue weighted by molar-refractivity contribution is 0.685. The fourth-order valence-corrected chi connectivity index (χ4v) is 3.13. The monoisotopic (exact) mass is 265 g/mol. The number of nitrogens with zero attached hydrogens (tertiary/aromatic N) is 3. The summed E-state index contributed by atoms with van der Waals surface area (Å²) < 4.78 is 1.90. The first-order chi connectivity index (χ1) is 8.37. The number of anilines is 1. The Bertz CT molecular complexity index is 610. The van der Waals surface area contributed by atoms with Crippen LogP contribution in [0.15, 0.2) is 11.1 Å². The van der Waals surface area contributed by atoms with Gasteiger partial charge < -0.3 is 10.3 Å². The highest BCUT2D eigenvalue weighted by Gasteiger charge is 2.13. The Balaban J connectivity index is 2.22. The molecule has 0 radical (unpaired) electrons. The molecule has 0 atom stereocenters. The summed E-state index contributed by atoms with van der Waals surface area (Å²) in [5.74, 6) is 0.138. The summed E-state index contributed by atoms with van der Waals surface area (Å²) in [6.07, 6.45) is 2.74. The molecule has 0 aromatic carbocycles. The van der Waals surface area contributed by atoms with E-state index in [4.69, 9.17) is 5.73 Å². The van der Waals surface area contributed by atoms with Gasteiger partial charge in [-0.2, -0.15) is 4.98 Å². The van der Waals surface area contributed by atoms with Gasteiger partial charge in [0.2, 0.25) is 5.95 Å². The average Bonchev–Trinajstić information content (AvgIpc) is 2.60. The van der Waals surface area contributed by atoms with E-state index in [0.717, 1.165) is 13.0 Å². The second kappa shape index (κ2) is 4.56. The van der Waals surface area contributed by atoms with Gasteiger partial charge in [0.05, 0.1) is 6.33 Å². The van der Waals surface area contributed by atoms with Crippen LogP contribution in [0.4, 0.5) is 5.95 Å². The van der Waals surface area contributed by atoms with Gasteiger partial charge in [0.1, 0.15) is 0 Å². The molecule has 0 aliphatic heterocycles. The minimum atomic E-state index is -1.03. The number of imidazole rings is 1. The summed E-state index contributed by atoms with van der Waals surface area (Å²) in [7, 11) is -1.03. The normalized spacial score (nSPS) is 12.2. The van der Waals surface area contributed by atoms with E-state index in [9.17, 15) is 4.79 Å². The van der Waals surface area contributed by atoms with Gasteiger partial charge >= 0.3 is 0 Å². The Morgan fingerprint density at radius 2 is 2.17 bits per heavy atom. The summed E-state index contributed by atoms with van der Waals surface area (Å²) in [5.41, 5.74) is 6.21. The van der Waals surface area contributed by atoms with Gasteiger partial charge in [-0.05, 0) is 6.42 Å². The highest BCUT2D eigenvalue weighted by Crippen LogP contribution is 2.14. The van der Waals surface area contributed by atoms with Crippen molar-refractivity contribution in [2.24, 2.45) is 0 Å². The third-order valence-electron chi connectivity index (χ3n) is 2.82. The number of fused-ring (bicyclic) bond motifs is 1. The minimum absolute atomic E-state index is 0.138. The Morgan fingerprint density at radius 1 is 1.44 bits per heavy atom. The molecule has 0 amide bonds. The van der Waals surface area contributed by atoms with Gasteiger partial charge in [-0.3, -0.25) is 9.78 Å². The number of aryl methyl sites for hydroxylation is 1. The zero-order chi connectivity index (χ0) is 13.3. The molecule has 0 aliphatic carbocycles. The molecule has 0 bridgehead atoms. The van der Waals surface area contributed by atoms with E-state index in [2.05, 4.69) is 34.6 Å². The number of aromatic amines is 1. The van der Waals surface area contributed by atoms with Crippen LogP contribution >= 0.6 is 0 Å². The molecule has 3 N–H and O–H groups in total. The van der Waals surface area contributed by atoms with Crippen molar-refractivity contribution in [3.63, 3.8) is 0 Å². The van der Waals surface area contributed by atoms with E-state index in [1.54, 1.807) is 6.33 Å². The number of hydrogen-bond acceptors (Lipinski definition) is 4. The molecule has 98 valence electrons.